The van der Waals surface area contributed by atoms with Gasteiger partial charge in [0.05, 0.1) is 48.0 Å². The molecule has 1 unspecified atom stereocenters. The molecule has 9 rings (SSSR count). The number of aromatic nitrogens is 5. The Morgan fingerprint density at radius 3 is 2.15 bits per heavy atom. The molecule has 3 fully saturated rings. The molecule has 348 valence electrons. The second-order valence-corrected chi connectivity index (χ2v) is 18.5. The first-order valence-corrected chi connectivity index (χ1v) is 23.1. The minimum absolute atomic E-state index is 0.0360. The van der Waals surface area contributed by atoms with Gasteiger partial charge in [-0.25, -0.2) is 24.5 Å². The SMILES string of the molecule is COC(=O)N[C@H](C(=O)N1CCC[C@H]1c1ncc(-c2ccc(-c3ccc4cc(-c5c[nH]c(C6CCCN6C(=O)[C@H](NC(=O)OC(C)(C)C)c6ccccc6)n5)ccc4n3)cc2)[nH]1)C1CCOCC1. The fourth-order valence-electron chi connectivity index (χ4n) is 9.52. The maximum atomic E-state index is 14.2. The van der Waals surface area contributed by atoms with Crippen LogP contribution in [0.3, 0.4) is 0 Å². The number of hydrogen-bond donors (Lipinski definition) is 4. The van der Waals surface area contributed by atoms with Crippen molar-refractivity contribution in [3.05, 3.63) is 115 Å². The van der Waals surface area contributed by atoms with E-state index in [1.165, 1.54) is 7.11 Å². The van der Waals surface area contributed by atoms with Crippen molar-refractivity contribution in [1.29, 1.82) is 0 Å². The van der Waals surface area contributed by atoms with Crippen molar-refractivity contribution in [2.45, 2.75) is 89.1 Å². The normalized spacial score (nSPS) is 18.7. The Kier molecular flexibility index (Phi) is 13.1. The average molecular weight is 908 g/mol. The fourth-order valence-corrected chi connectivity index (χ4v) is 9.52. The molecule has 0 aliphatic carbocycles. The highest BCUT2D eigenvalue weighted by atomic mass is 16.6. The minimum Gasteiger partial charge on any atom is -0.453 e. The molecule has 0 radical (unpaired) electrons. The van der Waals surface area contributed by atoms with Crippen molar-refractivity contribution < 1.29 is 33.4 Å². The van der Waals surface area contributed by atoms with Crippen molar-refractivity contribution in [2.75, 3.05) is 33.4 Å². The molecule has 3 saturated heterocycles. The lowest BCUT2D eigenvalue weighted by Gasteiger charge is -2.34. The number of nitrogens with zero attached hydrogens (tertiary/aromatic N) is 5. The monoisotopic (exact) mass is 907 g/mol. The highest BCUT2D eigenvalue weighted by Gasteiger charge is 2.41. The Morgan fingerprint density at radius 1 is 0.746 bits per heavy atom. The number of benzene rings is 3. The number of hydrogen-bond acceptors (Lipinski definition) is 10. The molecule has 4 atom stereocenters. The maximum absolute atomic E-state index is 14.2. The number of fused-ring (bicyclic) bond motifs is 1. The number of nitrogens with one attached hydrogen (secondary N) is 4. The Morgan fingerprint density at radius 2 is 1.43 bits per heavy atom. The van der Waals surface area contributed by atoms with Crippen molar-refractivity contribution in [3.63, 3.8) is 0 Å². The number of aromatic amines is 2. The van der Waals surface area contributed by atoms with Gasteiger partial charge < -0.3 is 44.6 Å². The zero-order valence-corrected chi connectivity index (χ0v) is 38.3. The first-order valence-electron chi connectivity index (χ1n) is 23.1. The summed E-state index contributed by atoms with van der Waals surface area (Å²) in [5.41, 5.74) is 6.06. The number of amides is 4. The third-order valence-corrected chi connectivity index (χ3v) is 12.9. The van der Waals surface area contributed by atoms with Crippen LogP contribution in [0.5, 0.6) is 0 Å². The summed E-state index contributed by atoms with van der Waals surface area (Å²) >= 11 is 0. The lowest BCUT2D eigenvalue weighted by atomic mass is 9.90. The Labute approximate surface area is 389 Å². The van der Waals surface area contributed by atoms with Gasteiger partial charge in [0.25, 0.3) is 5.91 Å². The molecular formula is C51H57N9O7. The summed E-state index contributed by atoms with van der Waals surface area (Å²) in [4.78, 5) is 78.6. The molecule has 3 aromatic heterocycles. The number of carbonyl (C=O) groups excluding carboxylic acids is 4. The van der Waals surface area contributed by atoms with Gasteiger partial charge in [0.1, 0.15) is 29.3 Å². The number of pyridine rings is 1. The van der Waals surface area contributed by atoms with E-state index >= 15 is 0 Å². The smallest absolute Gasteiger partial charge is 0.408 e. The third-order valence-electron chi connectivity index (χ3n) is 12.9. The first kappa shape index (κ1) is 45.1. The summed E-state index contributed by atoms with van der Waals surface area (Å²) in [5, 5.41) is 6.60. The van der Waals surface area contributed by atoms with Gasteiger partial charge in [-0.15, -0.1) is 0 Å². The van der Waals surface area contributed by atoms with Gasteiger partial charge in [-0.2, -0.15) is 0 Å². The third kappa shape index (κ3) is 10.0. The van der Waals surface area contributed by atoms with E-state index in [9.17, 15) is 19.2 Å². The summed E-state index contributed by atoms with van der Waals surface area (Å²) in [6.07, 6.45) is 6.92. The molecule has 6 aromatic rings. The number of methoxy groups -OCH3 is 1. The highest BCUT2D eigenvalue weighted by molar-refractivity contribution is 5.89. The van der Waals surface area contributed by atoms with E-state index in [1.54, 1.807) is 31.9 Å². The first-order chi connectivity index (χ1) is 32.4. The van der Waals surface area contributed by atoms with Gasteiger partial charge in [0, 0.05) is 49.0 Å². The molecular weight excluding hydrogens is 851 g/mol. The summed E-state index contributed by atoms with van der Waals surface area (Å²) < 4.78 is 15.9. The van der Waals surface area contributed by atoms with Crippen LogP contribution in [-0.4, -0.2) is 104 Å². The number of likely N-dealkylation sites (tertiary alicyclic amines) is 2. The topological polar surface area (TPSA) is 197 Å². The molecule has 4 N–H and O–H groups in total. The Balaban J connectivity index is 0.865. The van der Waals surface area contributed by atoms with Gasteiger partial charge in [-0.1, -0.05) is 66.7 Å². The standard InChI is InChI=1S/C51H57N9O7/c1-51(2,3)67-50(64)58-43(33-10-6-5-7-11-33)47(61)59-24-9-13-42(59)46-53-30-40(56-46)36-19-21-38-35(28-36)18-20-37(54-38)31-14-16-32(17-15-31)39-29-52-45(55-39)41-12-8-25-60(41)48(62)44(57-49(63)65-4)34-22-26-66-27-23-34/h5-7,10-11,14-21,28-30,34,41-44H,8-9,12-13,22-27H2,1-4H3,(H,52,55)(H,53,56)(H,57,63)(H,58,64)/t41-,42?,43+,44-/m0/s1. The van der Waals surface area contributed by atoms with Gasteiger partial charge in [-0.3, -0.25) is 9.59 Å². The number of ether oxygens (including phenoxy) is 3. The largest absolute Gasteiger partial charge is 0.453 e. The predicted octanol–water partition coefficient (Wildman–Crippen LogP) is 8.43. The molecule has 3 aromatic carbocycles. The van der Waals surface area contributed by atoms with Crippen molar-refractivity contribution in [3.8, 4) is 33.8 Å². The van der Waals surface area contributed by atoms with E-state index in [2.05, 4.69) is 32.7 Å². The molecule has 67 heavy (non-hydrogen) atoms. The predicted molar refractivity (Wildman–Crippen MR) is 251 cm³/mol. The minimum atomic E-state index is -0.916. The van der Waals surface area contributed by atoms with E-state index in [0.29, 0.717) is 56.4 Å². The van der Waals surface area contributed by atoms with E-state index < -0.39 is 29.9 Å². The summed E-state index contributed by atoms with van der Waals surface area (Å²) in [7, 11) is 1.31. The van der Waals surface area contributed by atoms with Gasteiger partial charge in [-0.05, 0) is 94.5 Å². The van der Waals surface area contributed by atoms with Crippen molar-refractivity contribution >= 4 is 34.9 Å². The lowest BCUT2D eigenvalue weighted by molar-refractivity contribution is -0.137. The zero-order valence-electron chi connectivity index (χ0n) is 38.3. The zero-order chi connectivity index (χ0) is 46.7. The summed E-state index contributed by atoms with van der Waals surface area (Å²) in [6.45, 7) is 7.59. The fraction of sp³-hybridized carbons (Fsp3) is 0.392. The van der Waals surface area contributed by atoms with Crippen LogP contribution in [-0.2, 0) is 23.8 Å². The quantitative estimate of drug-likeness (QED) is 0.0980. The summed E-state index contributed by atoms with van der Waals surface area (Å²) in [6, 6.07) is 25.4. The van der Waals surface area contributed by atoms with Crippen molar-refractivity contribution in [1.82, 2.24) is 45.4 Å². The van der Waals surface area contributed by atoms with Crippen LogP contribution in [0.1, 0.15) is 94.6 Å². The maximum Gasteiger partial charge on any atom is 0.408 e. The van der Waals surface area contributed by atoms with Crippen LogP contribution in [0.2, 0.25) is 0 Å². The number of rotatable bonds is 11. The summed E-state index contributed by atoms with van der Waals surface area (Å²) in [5.74, 6) is 1.03. The van der Waals surface area contributed by atoms with Crippen LogP contribution >= 0.6 is 0 Å². The van der Waals surface area contributed by atoms with Gasteiger partial charge in [0.15, 0.2) is 0 Å². The molecule has 16 heteroatoms. The van der Waals surface area contributed by atoms with E-state index in [1.807, 2.05) is 83.9 Å². The molecule has 4 amide bonds. The number of alkyl carbamates (subject to hydrolysis) is 2. The van der Waals surface area contributed by atoms with E-state index in [0.717, 1.165) is 70.4 Å². The molecule has 3 aliphatic heterocycles. The number of imidazole rings is 2. The van der Waals surface area contributed by atoms with Crippen molar-refractivity contribution in [2.24, 2.45) is 5.92 Å². The highest BCUT2D eigenvalue weighted by Crippen LogP contribution is 2.36. The van der Waals surface area contributed by atoms with Crippen LogP contribution < -0.4 is 10.6 Å². The number of H-pyrrole nitrogens is 2. The lowest BCUT2D eigenvalue weighted by Crippen LogP contribution is -2.53. The second kappa shape index (κ2) is 19.4. The van der Waals surface area contributed by atoms with Gasteiger partial charge >= 0.3 is 12.2 Å². The van der Waals surface area contributed by atoms with Crippen LogP contribution in [0, 0.1) is 5.92 Å². The average Bonchev–Trinajstić information content (AvgIpc) is 4.20. The van der Waals surface area contributed by atoms with E-state index in [-0.39, 0.29) is 29.8 Å². The Hall–Kier alpha value is -7.07. The number of carbonyl (C=O) groups is 4. The molecule has 0 spiro atoms. The van der Waals surface area contributed by atoms with Crippen LogP contribution in [0.4, 0.5) is 9.59 Å². The molecule has 3 aliphatic rings. The van der Waals surface area contributed by atoms with Gasteiger partial charge in [0.2, 0.25) is 5.91 Å². The molecule has 0 bridgehead atoms. The Bertz CT molecular complexity index is 2720. The molecule has 0 saturated carbocycles. The van der Waals surface area contributed by atoms with E-state index in [4.69, 9.17) is 29.2 Å². The van der Waals surface area contributed by atoms with Crippen LogP contribution in [0.15, 0.2) is 97.3 Å². The second-order valence-electron chi connectivity index (χ2n) is 18.5. The van der Waals surface area contributed by atoms with Crippen LogP contribution in [0.25, 0.3) is 44.7 Å². The molecule has 6 heterocycles. The molecule has 16 nitrogen and oxygen atoms in total.